The van der Waals surface area contributed by atoms with Crippen molar-refractivity contribution in [2.75, 3.05) is 11.9 Å². The molecule has 1 heterocycles. The Balaban J connectivity index is 2.14. The topological polar surface area (TPSA) is 104 Å². The lowest BCUT2D eigenvalue weighted by Crippen LogP contribution is -2.35. The number of amides is 1. The molecular formula is C11H19N5OS. The van der Waals surface area contributed by atoms with E-state index in [4.69, 9.17) is 11.1 Å². The number of carbonyl (C=O) groups excluding carboxylic acids is 1. The molecule has 18 heavy (non-hydrogen) atoms. The molecule has 7 heteroatoms. The van der Waals surface area contributed by atoms with Crippen molar-refractivity contribution in [1.82, 2.24) is 10.3 Å². The van der Waals surface area contributed by atoms with Crippen molar-refractivity contribution in [3.8, 4) is 0 Å². The van der Waals surface area contributed by atoms with Gasteiger partial charge in [0, 0.05) is 18.1 Å². The van der Waals surface area contributed by atoms with Crippen LogP contribution in [0.2, 0.25) is 0 Å². The minimum absolute atomic E-state index is 0.193. The molecule has 0 aliphatic carbocycles. The fraction of sp³-hybridized carbons (Fsp3) is 0.545. The molecule has 0 saturated heterocycles. The van der Waals surface area contributed by atoms with Crippen LogP contribution < -0.4 is 16.4 Å². The quantitative estimate of drug-likeness (QED) is 0.339. The number of rotatable bonds is 7. The number of nitrogens with zero attached hydrogens (tertiary/aromatic N) is 1. The summed E-state index contributed by atoms with van der Waals surface area (Å²) >= 11 is 1.37. The van der Waals surface area contributed by atoms with Gasteiger partial charge < -0.3 is 16.4 Å². The van der Waals surface area contributed by atoms with Gasteiger partial charge in [-0.2, -0.15) is 0 Å². The van der Waals surface area contributed by atoms with Crippen LogP contribution in [-0.4, -0.2) is 29.3 Å². The second-order valence-corrected chi connectivity index (χ2v) is 4.88. The van der Waals surface area contributed by atoms with Crippen molar-refractivity contribution in [3.05, 3.63) is 11.6 Å². The number of hydrogen-bond acceptors (Lipinski definition) is 5. The van der Waals surface area contributed by atoms with Crippen LogP contribution >= 0.6 is 11.3 Å². The number of nitrogens with one attached hydrogen (secondary N) is 3. The number of thiazole rings is 1. The Bertz CT molecular complexity index is 379. The minimum atomic E-state index is -0.505. The number of unbranched alkanes of at least 4 members (excludes halogenated alkanes) is 1. The third-order valence-corrected chi connectivity index (χ3v) is 3.02. The number of aromatic nitrogens is 1. The lowest BCUT2D eigenvalue weighted by Gasteiger charge is -2.10. The van der Waals surface area contributed by atoms with Gasteiger partial charge in [-0.05, 0) is 26.2 Å². The molecule has 1 aromatic rings. The van der Waals surface area contributed by atoms with E-state index in [2.05, 4.69) is 15.6 Å². The highest BCUT2D eigenvalue weighted by molar-refractivity contribution is 7.13. The molecule has 1 aromatic heterocycles. The van der Waals surface area contributed by atoms with Crippen LogP contribution in [0.5, 0.6) is 0 Å². The summed E-state index contributed by atoms with van der Waals surface area (Å²) < 4.78 is 0. The molecule has 0 fully saturated rings. The van der Waals surface area contributed by atoms with E-state index in [-0.39, 0.29) is 5.91 Å². The number of anilines is 1. The molecule has 0 bridgehead atoms. The Labute approximate surface area is 110 Å². The molecule has 0 unspecified atom stereocenters. The van der Waals surface area contributed by atoms with Gasteiger partial charge in [0.15, 0.2) is 5.13 Å². The van der Waals surface area contributed by atoms with E-state index in [1.54, 1.807) is 18.5 Å². The molecular weight excluding hydrogens is 250 g/mol. The smallest absolute Gasteiger partial charge is 0.243 e. The van der Waals surface area contributed by atoms with E-state index in [0.29, 0.717) is 17.4 Å². The molecule has 1 atom stereocenters. The third kappa shape index (κ3) is 5.74. The highest BCUT2D eigenvalue weighted by Gasteiger charge is 2.13. The first-order valence-electron chi connectivity index (χ1n) is 5.84. The zero-order valence-corrected chi connectivity index (χ0v) is 11.2. The molecule has 0 radical (unpaired) electrons. The molecule has 0 aliphatic heterocycles. The summed E-state index contributed by atoms with van der Waals surface area (Å²) in [6.45, 7) is 2.45. The fourth-order valence-electron chi connectivity index (χ4n) is 1.38. The van der Waals surface area contributed by atoms with E-state index < -0.39 is 6.04 Å². The highest BCUT2D eigenvalue weighted by Crippen LogP contribution is 2.11. The molecule has 0 aliphatic rings. The average molecular weight is 269 g/mol. The molecule has 5 N–H and O–H groups in total. The van der Waals surface area contributed by atoms with Gasteiger partial charge in [0.1, 0.15) is 0 Å². The predicted octanol–water partition coefficient (Wildman–Crippen LogP) is 1.17. The SMILES string of the molecule is CC(=N)NCCCC[C@H](N)C(=O)Nc1nccs1. The van der Waals surface area contributed by atoms with Gasteiger partial charge in [0.05, 0.1) is 11.9 Å². The van der Waals surface area contributed by atoms with Crippen molar-refractivity contribution < 1.29 is 4.79 Å². The van der Waals surface area contributed by atoms with Gasteiger partial charge in [-0.1, -0.05) is 0 Å². The number of hydrogen-bond donors (Lipinski definition) is 4. The maximum Gasteiger partial charge on any atom is 0.243 e. The number of nitrogens with two attached hydrogens (primary N) is 1. The van der Waals surface area contributed by atoms with Gasteiger partial charge >= 0.3 is 0 Å². The number of carbonyl (C=O) groups is 1. The zero-order valence-electron chi connectivity index (χ0n) is 10.4. The Morgan fingerprint density at radius 3 is 3.00 bits per heavy atom. The van der Waals surface area contributed by atoms with Crippen molar-refractivity contribution in [3.63, 3.8) is 0 Å². The molecule has 0 spiro atoms. The second-order valence-electron chi connectivity index (χ2n) is 3.98. The molecule has 100 valence electrons. The van der Waals surface area contributed by atoms with Gasteiger partial charge in [0.2, 0.25) is 5.91 Å². The molecule has 1 rings (SSSR count). The third-order valence-electron chi connectivity index (χ3n) is 2.33. The summed E-state index contributed by atoms with van der Waals surface area (Å²) in [4.78, 5) is 15.6. The van der Waals surface area contributed by atoms with Gasteiger partial charge in [-0.15, -0.1) is 11.3 Å². The summed E-state index contributed by atoms with van der Waals surface area (Å²) in [5.74, 6) is 0.266. The molecule has 1 amide bonds. The first-order valence-corrected chi connectivity index (χ1v) is 6.72. The summed E-state index contributed by atoms with van der Waals surface area (Å²) in [6, 6.07) is -0.505. The monoisotopic (exact) mass is 269 g/mol. The van der Waals surface area contributed by atoms with Gasteiger partial charge in [-0.25, -0.2) is 4.98 Å². The van der Waals surface area contributed by atoms with E-state index in [1.165, 1.54) is 11.3 Å². The lowest BCUT2D eigenvalue weighted by atomic mass is 10.1. The van der Waals surface area contributed by atoms with Crippen LogP contribution in [-0.2, 0) is 4.79 Å². The lowest BCUT2D eigenvalue weighted by molar-refractivity contribution is -0.117. The fourth-order valence-corrected chi connectivity index (χ4v) is 1.91. The first kappa shape index (κ1) is 14.6. The molecule has 0 aromatic carbocycles. The highest BCUT2D eigenvalue weighted by atomic mass is 32.1. The van der Waals surface area contributed by atoms with E-state index in [0.717, 1.165) is 19.4 Å². The van der Waals surface area contributed by atoms with Crippen molar-refractivity contribution in [2.24, 2.45) is 5.73 Å². The van der Waals surface area contributed by atoms with Crippen LogP contribution in [0.4, 0.5) is 5.13 Å². The van der Waals surface area contributed by atoms with Crippen molar-refractivity contribution in [2.45, 2.75) is 32.2 Å². The summed E-state index contributed by atoms with van der Waals surface area (Å²) in [5.41, 5.74) is 5.78. The van der Waals surface area contributed by atoms with Crippen LogP contribution in [0, 0.1) is 5.41 Å². The van der Waals surface area contributed by atoms with E-state index in [9.17, 15) is 4.79 Å². The largest absolute Gasteiger partial charge is 0.374 e. The standard InChI is InChI=1S/C11H19N5OS/c1-8(12)14-5-3-2-4-9(13)10(17)16-11-15-6-7-18-11/h6-7,9H,2-5,13H2,1H3,(H2,12,14)(H,15,16,17)/t9-/m0/s1. The molecule has 0 saturated carbocycles. The second kappa shape index (κ2) is 7.78. The summed E-state index contributed by atoms with van der Waals surface area (Å²) in [5, 5.41) is 15.2. The predicted molar refractivity (Wildman–Crippen MR) is 74.0 cm³/mol. The first-order chi connectivity index (χ1) is 8.59. The average Bonchev–Trinajstić information content (AvgIpc) is 2.80. The summed E-state index contributed by atoms with van der Waals surface area (Å²) in [7, 11) is 0. The molecule has 6 nitrogen and oxygen atoms in total. The Hall–Kier alpha value is -1.47. The van der Waals surface area contributed by atoms with Crippen molar-refractivity contribution in [1.29, 1.82) is 5.41 Å². The van der Waals surface area contributed by atoms with Crippen molar-refractivity contribution >= 4 is 28.2 Å². The van der Waals surface area contributed by atoms with Crippen LogP contribution in [0.25, 0.3) is 0 Å². The van der Waals surface area contributed by atoms with Crippen LogP contribution in [0.15, 0.2) is 11.6 Å². The normalized spacial score (nSPS) is 11.9. The van der Waals surface area contributed by atoms with Crippen LogP contribution in [0.1, 0.15) is 26.2 Å². The maximum atomic E-state index is 11.7. The Morgan fingerprint density at radius 1 is 1.61 bits per heavy atom. The maximum absolute atomic E-state index is 11.7. The minimum Gasteiger partial charge on any atom is -0.374 e. The van der Waals surface area contributed by atoms with E-state index >= 15 is 0 Å². The van der Waals surface area contributed by atoms with E-state index in [1.807, 2.05) is 0 Å². The number of amidine groups is 1. The van der Waals surface area contributed by atoms with Gasteiger partial charge in [-0.3, -0.25) is 10.2 Å². The van der Waals surface area contributed by atoms with Crippen LogP contribution in [0.3, 0.4) is 0 Å². The van der Waals surface area contributed by atoms with Gasteiger partial charge in [0.25, 0.3) is 0 Å². The zero-order chi connectivity index (χ0) is 13.4. The Morgan fingerprint density at radius 2 is 2.39 bits per heavy atom. The summed E-state index contributed by atoms with van der Waals surface area (Å²) in [6.07, 6.45) is 4.02. The Kier molecular flexibility index (Phi) is 6.31.